The monoisotopic (exact) mass is 494 g/mol. The van der Waals surface area contributed by atoms with E-state index in [0.29, 0.717) is 0 Å². The Morgan fingerprint density at radius 2 is 1.25 bits per heavy atom. The summed E-state index contributed by atoms with van der Waals surface area (Å²) in [6, 6.07) is 10.2. The molecule has 162 valence electrons. The molecular weight excluding hydrogens is 457 g/mol. The number of hydrogen-bond donors (Lipinski definition) is 0. The molecule has 0 aliphatic carbocycles. The Bertz CT molecular complexity index is 601. The first kappa shape index (κ1) is 26.3. The van der Waals surface area contributed by atoms with Gasteiger partial charge in [-0.3, -0.25) is 0 Å². The fourth-order valence-corrected chi connectivity index (χ4v) is 26.9. The van der Waals surface area contributed by atoms with Gasteiger partial charge in [-0.05, 0) is 64.1 Å². The van der Waals surface area contributed by atoms with Crippen LogP contribution in [0.25, 0.3) is 0 Å². The molecule has 0 aromatic heterocycles. The molecule has 1 rings (SSSR count). The van der Waals surface area contributed by atoms with Crippen LogP contribution >= 0.6 is 0 Å². The largest absolute Gasteiger partial charge is 0.440 e. The van der Waals surface area contributed by atoms with Gasteiger partial charge in [-0.1, -0.05) is 30.3 Å². The highest BCUT2D eigenvalue weighted by atomic mass is 28.5. The molecule has 1 atom stereocenters. The van der Waals surface area contributed by atoms with E-state index in [2.05, 4.69) is 71.1 Å². The smallest absolute Gasteiger partial charge is 0.351 e. The fourth-order valence-electron chi connectivity index (χ4n) is 3.37. The van der Waals surface area contributed by atoms with Crippen LogP contribution in [0.3, 0.4) is 0 Å². The fraction of sp³-hybridized carbons (Fsp3) is 0.625. The summed E-state index contributed by atoms with van der Waals surface area (Å²) < 4.78 is 37.4. The second kappa shape index (κ2) is 10.5. The van der Waals surface area contributed by atoms with E-state index in [-0.39, 0.29) is 0 Å². The standard InChI is InChI=1S/C16H38O6Si6/c1-17-23-18-28(10,16-14-12-11-13-15-16)22-27(8,9)21-26(6,7)20-25(4,5)19-24(2)3/h11-15,24H,23H2,1-10H3. The Morgan fingerprint density at radius 3 is 1.75 bits per heavy atom. The predicted molar refractivity (Wildman–Crippen MR) is 130 cm³/mol. The van der Waals surface area contributed by atoms with Crippen LogP contribution in [0.4, 0.5) is 0 Å². The number of benzene rings is 1. The van der Waals surface area contributed by atoms with Gasteiger partial charge in [-0.25, -0.2) is 0 Å². The molecule has 0 bridgehead atoms. The van der Waals surface area contributed by atoms with Gasteiger partial charge in [0.15, 0.2) is 9.04 Å². The molecule has 12 heteroatoms. The van der Waals surface area contributed by atoms with Crippen LogP contribution in [0.1, 0.15) is 0 Å². The summed E-state index contributed by atoms with van der Waals surface area (Å²) in [7, 11) is -10.4. The van der Waals surface area contributed by atoms with Crippen molar-refractivity contribution < 1.29 is 25.0 Å². The van der Waals surface area contributed by atoms with Crippen molar-refractivity contribution in [3.8, 4) is 0 Å². The Balaban J connectivity index is 2.96. The third-order valence-corrected chi connectivity index (χ3v) is 23.5. The maximum atomic E-state index is 6.67. The lowest BCUT2D eigenvalue weighted by atomic mass is 10.4. The van der Waals surface area contributed by atoms with Gasteiger partial charge in [0, 0.05) is 7.11 Å². The lowest BCUT2D eigenvalue weighted by Gasteiger charge is -2.41. The Kier molecular flexibility index (Phi) is 9.91. The Labute approximate surface area is 179 Å². The van der Waals surface area contributed by atoms with Gasteiger partial charge in [0.05, 0.1) is 0 Å². The normalized spacial score (nSPS) is 16.1. The third kappa shape index (κ3) is 9.40. The lowest BCUT2D eigenvalue weighted by Crippen LogP contribution is -2.62. The van der Waals surface area contributed by atoms with Gasteiger partial charge in [0.25, 0.3) is 10.0 Å². The average molecular weight is 495 g/mol. The molecule has 0 radical (unpaired) electrons. The van der Waals surface area contributed by atoms with Crippen LogP contribution in [-0.4, -0.2) is 60.4 Å². The van der Waals surface area contributed by atoms with E-state index >= 15 is 0 Å². The quantitative estimate of drug-likeness (QED) is 0.417. The molecule has 28 heavy (non-hydrogen) atoms. The molecule has 0 saturated carbocycles. The van der Waals surface area contributed by atoms with Gasteiger partial charge >= 0.3 is 34.2 Å². The van der Waals surface area contributed by atoms with Crippen LogP contribution < -0.4 is 5.19 Å². The van der Waals surface area contributed by atoms with E-state index in [1.807, 2.05) is 18.2 Å². The zero-order valence-corrected chi connectivity index (χ0v) is 25.7. The maximum absolute atomic E-state index is 6.67. The van der Waals surface area contributed by atoms with Crippen LogP contribution in [0.2, 0.25) is 58.9 Å². The van der Waals surface area contributed by atoms with Crippen LogP contribution in [0, 0.1) is 0 Å². The van der Waals surface area contributed by atoms with E-state index < -0.39 is 53.3 Å². The summed E-state index contributed by atoms with van der Waals surface area (Å²) in [5.41, 5.74) is 0. The summed E-state index contributed by atoms with van der Waals surface area (Å²) >= 11 is 0. The SMILES string of the molecule is CO[SiH2]O[Si](C)(O[Si](C)(C)O[Si](C)(C)O[Si](C)(C)O[SiH](C)C)c1ccccc1. The minimum atomic E-state index is -2.64. The zero-order chi connectivity index (χ0) is 21.6. The molecule has 0 aliphatic heterocycles. The minimum absolute atomic E-state index is 1.09. The van der Waals surface area contributed by atoms with E-state index in [1.54, 1.807) is 7.11 Å². The highest BCUT2D eigenvalue weighted by molar-refractivity contribution is 6.92. The van der Waals surface area contributed by atoms with Crippen molar-refractivity contribution in [1.82, 2.24) is 0 Å². The second-order valence-corrected chi connectivity index (χ2v) is 26.9. The van der Waals surface area contributed by atoms with Crippen molar-refractivity contribution in [2.75, 3.05) is 7.11 Å². The molecule has 0 fully saturated rings. The maximum Gasteiger partial charge on any atom is 0.351 e. The number of hydrogen-bond acceptors (Lipinski definition) is 6. The van der Waals surface area contributed by atoms with Crippen molar-refractivity contribution in [3.63, 3.8) is 0 Å². The average Bonchev–Trinajstić information content (AvgIpc) is 2.49. The van der Waals surface area contributed by atoms with Gasteiger partial charge < -0.3 is 25.0 Å². The van der Waals surface area contributed by atoms with Gasteiger partial charge in [0.1, 0.15) is 0 Å². The molecule has 1 aromatic rings. The first-order valence-corrected chi connectivity index (χ1v) is 24.4. The van der Waals surface area contributed by atoms with Gasteiger partial charge in [0.2, 0.25) is 0 Å². The number of rotatable bonds is 12. The topological polar surface area (TPSA) is 55.4 Å². The highest BCUT2D eigenvalue weighted by Gasteiger charge is 2.47. The van der Waals surface area contributed by atoms with Crippen LogP contribution in [0.5, 0.6) is 0 Å². The van der Waals surface area contributed by atoms with E-state index in [1.165, 1.54) is 0 Å². The van der Waals surface area contributed by atoms with E-state index in [4.69, 9.17) is 25.0 Å². The second-order valence-electron chi connectivity index (χ2n) is 8.53. The molecular formula is C16H38O6Si6. The van der Waals surface area contributed by atoms with Crippen molar-refractivity contribution in [2.24, 2.45) is 0 Å². The summed E-state index contributed by atoms with van der Waals surface area (Å²) in [5, 5.41) is 1.09. The minimum Gasteiger partial charge on any atom is -0.440 e. The molecule has 1 unspecified atom stereocenters. The van der Waals surface area contributed by atoms with Crippen molar-refractivity contribution in [1.29, 1.82) is 0 Å². The first-order valence-electron chi connectivity index (χ1n) is 9.67. The third-order valence-electron chi connectivity index (χ3n) is 3.69. The summed E-state index contributed by atoms with van der Waals surface area (Å²) in [6.45, 7) is 18.9. The summed E-state index contributed by atoms with van der Waals surface area (Å²) in [5.74, 6) is 0. The van der Waals surface area contributed by atoms with E-state index in [0.717, 1.165) is 5.19 Å². The Morgan fingerprint density at radius 1 is 0.750 bits per heavy atom. The van der Waals surface area contributed by atoms with Gasteiger partial charge in [-0.15, -0.1) is 0 Å². The van der Waals surface area contributed by atoms with Crippen molar-refractivity contribution in [2.45, 2.75) is 58.9 Å². The predicted octanol–water partition coefficient (Wildman–Crippen LogP) is 2.78. The summed E-state index contributed by atoms with van der Waals surface area (Å²) in [6.07, 6.45) is 0. The van der Waals surface area contributed by atoms with E-state index in [9.17, 15) is 0 Å². The zero-order valence-electron chi connectivity index (χ0n) is 19.1. The van der Waals surface area contributed by atoms with Crippen molar-refractivity contribution in [3.05, 3.63) is 30.3 Å². The first-order chi connectivity index (χ1) is 12.7. The molecule has 0 heterocycles. The molecule has 0 N–H and O–H groups in total. The molecule has 6 nitrogen and oxygen atoms in total. The molecule has 0 aliphatic rings. The van der Waals surface area contributed by atoms with Crippen LogP contribution in [-0.2, 0) is 25.0 Å². The molecule has 0 saturated heterocycles. The Hall–Kier alpha value is 0.281. The highest BCUT2D eigenvalue weighted by Crippen LogP contribution is 2.25. The summed E-state index contributed by atoms with van der Waals surface area (Å²) in [4.78, 5) is 0. The lowest BCUT2D eigenvalue weighted by molar-refractivity contribution is 0.277. The van der Waals surface area contributed by atoms with Gasteiger partial charge in [-0.2, -0.15) is 0 Å². The van der Waals surface area contributed by atoms with Crippen molar-refractivity contribution >= 4 is 58.5 Å². The van der Waals surface area contributed by atoms with Crippen LogP contribution in [0.15, 0.2) is 30.3 Å². The molecule has 0 amide bonds. The molecule has 0 spiro atoms. The molecule has 1 aromatic carbocycles.